The standard InChI is InChI=1S/C26H29N5O3/c1-15-11-16(2)29-25(33)21(15)13-27-23(32)12-20-18(4)31(17(3)19-9-7-6-8-10-19)24-22(20)14-28-26(30-24)34-5/h6-11,14,17H,12-13H2,1-5H3,(H,27,32)(H,29,33)/t17-/m1/s1. The molecule has 0 aliphatic heterocycles. The van der Waals surface area contributed by atoms with Crippen molar-refractivity contribution in [3.05, 3.63) is 86.6 Å². The van der Waals surface area contributed by atoms with E-state index in [1.165, 1.54) is 7.11 Å². The number of methoxy groups -OCH3 is 1. The number of hydrogen-bond donors (Lipinski definition) is 2. The molecule has 0 unspecified atom stereocenters. The van der Waals surface area contributed by atoms with Crippen molar-refractivity contribution in [2.45, 2.75) is 46.7 Å². The molecule has 8 nitrogen and oxygen atoms in total. The Morgan fingerprint density at radius 1 is 1.18 bits per heavy atom. The van der Waals surface area contributed by atoms with Crippen molar-refractivity contribution in [1.82, 2.24) is 24.8 Å². The summed E-state index contributed by atoms with van der Waals surface area (Å²) in [5.74, 6) is -0.176. The number of aromatic nitrogens is 4. The summed E-state index contributed by atoms with van der Waals surface area (Å²) in [5, 5.41) is 3.71. The van der Waals surface area contributed by atoms with Gasteiger partial charge in [-0.15, -0.1) is 0 Å². The van der Waals surface area contributed by atoms with E-state index >= 15 is 0 Å². The molecule has 3 aromatic heterocycles. The number of rotatable bonds is 7. The molecule has 4 aromatic rings. The lowest BCUT2D eigenvalue weighted by Gasteiger charge is -2.18. The van der Waals surface area contributed by atoms with Gasteiger partial charge in [-0.1, -0.05) is 30.3 Å². The molecule has 1 atom stereocenters. The fourth-order valence-electron chi connectivity index (χ4n) is 4.44. The second-order valence-corrected chi connectivity index (χ2v) is 8.51. The molecule has 0 aliphatic carbocycles. The van der Waals surface area contributed by atoms with Gasteiger partial charge in [0, 0.05) is 35.1 Å². The molecular formula is C26H29N5O3. The van der Waals surface area contributed by atoms with Crippen molar-refractivity contribution >= 4 is 16.9 Å². The molecule has 2 N–H and O–H groups in total. The minimum Gasteiger partial charge on any atom is -0.467 e. The van der Waals surface area contributed by atoms with Crippen LogP contribution in [0.25, 0.3) is 11.0 Å². The summed E-state index contributed by atoms with van der Waals surface area (Å²) in [4.78, 5) is 36.9. The summed E-state index contributed by atoms with van der Waals surface area (Å²) in [5.41, 5.74) is 5.67. The van der Waals surface area contributed by atoms with Crippen LogP contribution in [-0.4, -0.2) is 32.5 Å². The van der Waals surface area contributed by atoms with Gasteiger partial charge in [0.25, 0.3) is 5.56 Å². The predicted molar refractivity (Wildman–Crippen MR) is 131 cm³/mol. The second-order valence-electron chi connectivity index (χ2n) is 8.51. The smallest absolute Gasteiger partial charge is 0.318 e. The van der Waals surface area contributed by atoms with E-state index in [4.69, 9.17) is 4.74 Å². The van der Waals surface area contributed by atoms with Gasteiger partial charge in [-0.3, -0.25) is 9.59 Å². The molecule has 176 valence electrons. The van der Waals surface area contributed by atoms with E-state index in [1.807, 2.05) is 45.0 Å². The number of amides is 1. The molecule has 1 amide bonds. The normalized spacial score (nSPS) is 12.0. The molecule has 8 heteroatoms. The van der Waals surface area contributed by atoms with E-state index < -0.39 is 0 Å². The topological polar surface area (TPSA) is 102 Å². The number of pyridine rings is 1. The Labute approximate surface area is 198 Å². The number of aryl methyl sites for hydroxylation is 2. The summed E-state index contributed by atoms with van der Waals surface area (Å²) in [6.07, 6.45) is 1.86. The first kappa shape index (κ1) is 23.2. The minimum absolute atomic E-state index is 0.00566. The van der Waals surface area contributed by atoms with Crippen LogP contribution >= 0.6 is 0 Å². The van der Waals surface area contributed by atoms with Crippen LogP contribution in [0, 0.1) is 20.8 Å². The highest BCUT2D eigenvalue weighted by atomic mass is 16.5. The molecule has 0 spiro atoms. The molecule has 0 saturated carbocycles. The molecular weight excluding hydrogens is 430 g/mol. The van der Waals surface area contributed by atoms with Gasteiger partial charge in [-0.2, -0.15) is 4.98 Å². The van der Waals surface area contributed by atoms with Crippen LogP contribution in [0.1, 0.15) is 46.6 Å². The second kappa shape index (κ2) is 9.51. The number of ether oxygens (including phenoxy) is 1. The first-order valence-corrected chi connectivity index (χ1v) is 11.2. The Morgan fingerprint density at radius 2 is 1.91 bits per heavy atom. The summed E-state index contributed by atoms with van der Waals surface area (Å²) < 4.78 is 7.38. The number of carbonyl (C=O) groups excluding carboxylic acids is 1. The van der Waals surface area contributed by atoms with Gasteiger partial charge in [0.1, 0.15) is 5.65 Å². The van der Waals surface area contributed by atoms with Crippen LogP contribution in [-0.2, 0) is 17.8 Å². The van der Waals surface area contributed by atoms with Gasteiger partial charge in [0.05, 0.1) is 19.6 Å². The molecule has 1 aromatic carbocycles. The zero-order valence-corrected chi connectivity index (χ0v) is 20.1. The first-order valence-electron chi connectivity index (χ1n) is 11.2. The number of aromatic amines is 1. The number of fused-ring (bicyclic) bond motifs is 1. The van der Waals surface area contributed by atoms with Crippen LogP contribution in [0.4, 0.5) is 0 Å². The Morgan fingerprint density at radius 3 is 2.59 bits per heavy atom. The molecule has 4 rings (SSSR count). The number of nitrogens with one attached hydrogen (secondary N) is 2. The highest BCUT2D eigenvalue weighted by Gasteiger charge is 2.23. The fraction of sp³-hybridized carbons (Fsp3) is 0.308. The third-order valence-corrected chi connectivity index (χ3v) is 6.24. The Kier molecular flexibility index (Phi) is 6.49. The zero-order chi connectivity index (χ0) is 24.4. The van der Waals surface area contributed by atoms with E-state index in [-0.39, 0.29) is 36.5 Å². The number of carbonyl (C=O) groups is 1. The van der Waals surface area contributed by atoms with Gasteiger partial charge in [-0.25, -0.2) is 4.98 Å². The summed E-state index contributed by atoms with van der Waals surface area (Å²) in [7, 11) is 1.53. The van der Waals surface area contributed by atoms with Crippen LogP contribution in [0.15, 0.2) is 47.4 Å². The molecule has 0 radical (unpaired) electrons. The van der Waals surface area contributed by atoms with Gasteiger partial charge in [-0.05, 0) is 50.5 Å². The van der Waals surface area contributed by atoms with Crippen LogP contribution in [0.3, 0.4) is 0 Å². The average Bonchev–Trinajstić information content (AvgIpc) is 3.08. The van der Waals surface area contributed by atoms with Crippen molar-refractivity contribution in [2.24, 2.45) is 0 Å². The molecule has 3 heterocycles. The largest absolute Gasteiger partial charge is 0.467 e. The third-order valence-electron chi connectivity index (χ3n) is 6.24. The Bertz CT molecular complexity index is 1410. The van der Waals surface area contributed by atoms with Gasteiger partial charge in [0.2, 0.25) is 5.91 Å². The fourth-order valence-corrected chi connectivity index (χ4v) is 4.44. The summed E-state index contributed by atoms with van der Waals surface area (Å²) >= 11 is 0. The lowest BCUT2D eigenvalue weighted by atomic mass is 10.1. The Balaban J connectivity index is 1.67. The predicted octanol–water partition coefficient (Wildman–Crippen LogP) is 3.52. The average molecular weight is 460 g/mol. The molecule has 0 saturated heterocycles. The summed E-state index contributed by atoms with van der Waals surface area (Å²) in [6.45, 7) is 7.97. The third kappa shape index (κ3) is 4.44. The molecule has 0 aliphatic rings. The quantitative estimate of drug-likeness (QED) is 0.440. The van der Waals surface area contributed by atoms with Crippen molar-refractivity contribution in [3.63, 3.8) is 0 Å². The molecule has 34 heavy (non-hydrogen) atoms. The van der Waals surface area contributed by atoms with E-state index in [0.717, 1.165) is 33.5 Å². The van der Waals surface area contributed by atoms with E-state index in [9.17, 15) is 9.59 Å². The van der Waals surface area contributed by atoms with Crippen molar-refractivity contribution in [2.75, 3.05) is 7.11 Å². The maximum absolute atomic E-state index is 12.9. The monoisotopic (exact) mass is 459 g/mol. The van der Waals surface area contributed by atoms with Crippen LogP contribution in [0.5, 0.6) is 6.01 Å². The minimum atomic E-state index is -0.178. The number of nitrogens with zero attached hydrogens (tertiary/aromatic N) is 3. The highest BCUT2D eigenvalue weighted by molar-refractivity contribution is 5.88. The number of H-pyrrole nitrogens is 1. The molecule has 0 fully saturated rings. The van der Waals surface area contributed by atoms with E-state index in [2.05, 4.69) is 43.9 Å². The SMILES string of the molecule is COc1ncc2c(CC(=O)NCc3c(C)cc(C)[nH]c3=O)c(C)n([C@H](C)c3ccccc3)c2n1. The lowest BCUT2D eigenvalue weighted by Crippen LogP contribution is -2.29. The van der Waals surface area contributed by atoms with Crippen molar-refractivity contribution < 1.29 is 9.53 Å². The van der Waals surface area contributed by atoms with E-state index in [0.29, 0.717) is 11.2 Å². The molecule has 0 bridgehead atoms. The van der Waals surface area contributed by atoms with Crippen LogP contribution in [0.2, 0.25) is 0 Å². The van der Waals surface area contributed by atoms with Gasteiger partial charge < -0.3 is 19.6 Å². The van der Waals surface area contributed by atoms with Crippen LogP contribution < -0.4 is 15.6 Å². The number of benzene rings is 1. The van der Waals surface area contributed by atoms with Crippen molar-refractivity contribution in [3.8, 4) is 6.01 Å². The lowest BCUT2D eigenvalue weighted by molar-refractivity contribution is -0.120. The van der Waals surface area contributed by atoms with Crippen molar-refractivity contribution in [1.29, 1.82) is 0 Å². The first-order chi connectivity index (χ1) is 16.3. The summed E-state index contributed by atoms with van der Waals surface area (Å²) in [6, 6.07) is 12.3. The van der Waals surface area contributed by atoms with Gasteiger partial charge >= 0.3 is 6.01 Å². The maximum atomic E-state index is 12.9. The Hall–Kier alpha value is -3.94. The van der Waals surface area contributed by atoms with Gasteiger partial charge in [0.15, 0.2) is 0 Å². The zero-order valence-electron chi connectivity index (χ0n) is 20.1. The maximum Gasteiger partial charge on any atom is 0.318 e. The highest BCUT2D eigenvalue weighted by Crippen LogP contribution is 2.31. The number of hydrogen-bond acceptors (Lipinski definition) is 5. The van der Waals surface area contributed by atoms with E-state index in [1.54, 1.807) is 6.20 Å².